The zero-order chi connectivity index (χ0) is 9.97. The topological polar surface area (TPSA) is 46.5 Å². The fourth-order valence-corrected chi connectivity index (χ4v) is 1.63. The summed E-state index contributed by atoms with van der Waals surface area (Å²) in [6.07, 6.45) is 2.15. The standard InChI is InChI=1S/C11H12O3/c12-9-6-4-8(5-7-9)10-2-1-3-11(13)14-10/h4-7,10,12H,1-3H2. The number of phenolic OH excluding ortho intramolecular Hbond substituents is 1. The van der Waals surface area contributed by atoms with Crippen molar-refractivity contribution < 1.29 is 14.6 Å². The molecule has 1 heterocycles. The van der Waals surface area contributed by atoms with Crippen molar-refractivity contribution in [1.29, 1.82) is 0 Å². The van der Waals surface area contributed by atoms with E-state index in [2.05, 4.69) is 0 Å². The minimum Gasteiger partial charge on any atom is -0.508 e. The van der Waals surface area contributed by atoms with Gasteiger partial charge in [0.05, 0.1) is 0 Å². The highest BCUT2D eigenvalue weighted by Gasteiger charge is 2.21. The minimum absolute atomic E-state index is 0.128. The number of benzene rings is 1. The van der Waals surface area contributed by atoms with Gasteiger partial charge < -0.3 is 9.84 Å². The maximum absolute atomic E-state index is 11.0. The molecule has 1 aromatic rings. The molecule has 0 bridgehead atoms. The molecule has 0 radical (unpaired) electrons. The van der Waals surface area contributed by atoms with E-state index in [0.29, 0.717) is 6.42 Å². The molecular formula is C11H12O3. The fraction of sp³-hybridized carbons (Fsp3) is 0.364. The van der Waals surface area contributed by atoms with E-state index < -0.39 is 0 Å². The monoisotopic (exact) mass is 192 g/mol. The third-order valence-electron chi connectivity index (χ3n) is 2.39. The van der Waals surface area contributed by atoms with Gasteiger partial charge in [-0.3, -0.25) is 4.79 Å². The van der Waals surface area contributed by atoms with Crippen molar-refractivity contribution in [1.82, 2.24) is 0 Å². The molecule has 0 aliphatic carbocycles. The van der Waals surface area contributed by atoms with Crippen LogP contribution >= 0.6 is 0 Å². The van der Waals surface area contributed by atoms with Crippen LogP contribution in [0.25, 0.3) is 0 Å². The van der Waals surface area contributed by atoms with Gasteiger partial charge in [-0.1, -0.05) is 12.1 Å². The first-order valence-electron chi connectivity index (χ1n) is 4.74. The van der Waals surface area contributed by atoms with E-state index in [4.69, 9.17) is 9.84 Å². The van der Waals surface area contributed by atoms with Crippen LogP contribution in [0.15, 0.2) is 24.3 Å². The van der Waals surface area contributed by atoms with Crippen molar-refractivity contribution >= 4 is 5.97 Å². The summed E-state index contributed by atoms with van der Waals surface area (Å²) in [4.78, 5) is 11.0. The van der Waals surface area contributed by atoms with Crippen molar-refractivity contribution in [3.63, 3.8) is 0 Å². The van der Waals surface area contributed by atoms with E-state index >= 15 is 0 Å². The Morgan fingerprint density at radius 1 is 1.29 bits per heavy atom. The Morgan fingerprint density at radius 3 is 2.64 bits per heavy atom. The summed E-state index contributed by atoms with van der Waals surface area (Å²) in [6.45, 7) is 0. The number of hydrogen-bond donors (Lipinski definition) is 1. The number of ether oxygens (including phenoxy) is 1. The lowest BCUT2D eigenvalue weighted by molar-refractivity contribution is -0.154. The predicted molar refractivity (Wildman–Crippen MR) is 50.8 cm³/mol. The molecular weight excluding hydrogens is 180 g/mol. The Kier molecular flexibility index (Phi) is 2.39. The number of phenols is 1. The Bertz CT molecular complexity index is 329. The fourth-order valence-electron chi connectivity index (χ4n) is 1.63. The minimum atomic E-state index is -0.130. The smallest absolute Gasteiger partial charge is 0.306 e. The van der Waals surface area contributed by atoms with Crippen LogP contribution in [0.3, 0.4) is 0 Å². The first-order valence-corrected chi connectivity index (χ1v) is 4.74. The lowest BCUT2D eigenvalue weighted by Crippen LogP contribution is -2.16. The average molecular weight is 192 g/mol. The molecule has 0 spiro atoms. The molecule has 0 amide bonds. The normalized spacial score (nSPS) is 21.7. The van der Waals surface area contributed by atoms with Gasteiger partial charge in [0.15, 0.2) is 0 Å². The van der Waals surface area contributed by atoms with E-state index in [9.17, 15) is 4.79 Å². The Morgan fingerprint density at radius 2 is 2.00 bits per heavy atom. The first-order chi connectivity index (χ1) is 6.75. The van der Waals surface area contributed by atoms with E-state index in [1.807, 2.05) is 0 Å². The van der Waals surface area contributed by atoms with Gasteiger partial charge in [0.25, 0.3) is 0 Å². The number of esters is 1. The van der Waals surface area contributed by atoms with Crippen LogP contribution < -0.4 is 0 Å². The van der Waals surface area contributed by atoms with Crippen LogP contribution in [0.1, 0.15) is 30.9 Å². The van der Waals surface area contributed by atoms with E-state index in [1.165, 1.54) is 0 Å². The summed E-state index contributed by atoms with van der Waals surface area (Å²) in [5.74, 6) is 0.102. The molecule has 1 aromatic carbocycles. The highest BCUT2D eigenvalue weighted by atomic mass is 16.5. The van der Waals surface area contributed by atoms with Crippen molar-refractivity contribution in [3.05, 3.63) is 29.8 Å². The van der Waals surface area contributed by atoms with Gasteiger partial charge >= 0.3 is 5.97 Å². The molecule has 2 rings (SSSR count). The quantitative estimate of drug-likeness (QED) is 0.693. The maximum atomic E-state index is 11.0. The lowest BCUT2D eigenvalue weighted by Gasteiger charge is -2.22. The molecule has 0 aromatic heterocycles. The second-order valence-corrected chi connectivity index (χ2v) is 3.46. The molecule has 1 fully saturated rings. The lowest BCUT2D eigenvalue weighted by atomic mass is 10.0. The maximum Gasteiger partial charge on any atom is 0.306 e. The van der Waals surface area contributed by atoms with Crippen LogP contribution in [-0.2, 0) is 9.53 Å². The molecule has 3 heteroatoms. The Hall–Kier alpha value is -1.51. The number of carbonyl (C=O) groups is 1. The van der Waals surface area contributed by atoms with Crippen LogP contribution in [-0.4, -0.2) is 11.1 Å². The molecule has 74 valence electrons. The largest absolute Gasteiger partial charge is 0.508 e. The second-order valence-electron chi connectivity index (χ2n) is 3.46. The zero-order valence-corrected chi connectivity index (χ0v) is 7.77. The summed E-state index contributed by atoms with van der Waals surface area (Å²) < 4.78 is 5.19. The molecule has 1 aliphatic heterocycles. The Balaban J connectivity index is 2.14. The highest BCUT2D eigenvalue weighted by Crippen LogP contribution is 2.29. The number of carbonyl (C=O) groups excluding carboxylic acids is 1. The molecule has 3 nitrogen and oxygen atoms in total. The van der Waals surface area contributed by atoms with Crippen LogP contribution in [0.5, 0.6) is 5.75 Å². The van der Waals surface area contributed by atoms with Gasteiger partial charge in [-0.15, -0.1) is 0 Å². The number of cyclic esters (lactones) is 1. The molecule has 1 atom stereocenters. The summed E-state index contributed by atoms with van der Waals surface area (Å²) in [7, 11) is 0. The SMILES string of the molecule is O=C1CCCC(c2ccc(O)cc2)O1. The molecule has 1 N–H and O–H groups in total. The predicted octanol–water partition coefficient (Wildman–Crippen LogP) is 2.16. The van der Waals surface area contributed by atoms with Gasteiger partial charge in [0.2, 0.25) is 0 Å². The van der Waals surface area contributed by atoms with Gasteiger partial charge in [-0.2, -0.15) is 0 Å². The van der Waals surface area contributed by atoms with Gasteiger partial charge in [-0.25, -0.2) is 0 Å². The zero-order valence-electron chi connectivity index (χ0n) is 7.77. The molecule has 0 saturated carbocycles. The molecule has 1 unspecified atom stereocenters. The van der Waals surface area contributed by atoms with Crippen LogP contribution in [0.2, 0.25) is 0 Å². The Labute approximate surface area is 82.3 Å². The van der Waals surface area contributed by atoms with Crippen molar-refractivity contribution in [2.45, 2.75) is 25.4 Å². The van der Waals surface area contributed by atoms with Crippen molar-refractivity contribution in [3.8, 4) is 5.75 Å². The number of rotatable bonds is 1. The molecule has 14 heavy (non-hydrogen) atoms. The van der Waals surface area contributed by atoms with Gasteiger partial charge in [0.1, 0.15) is 11.9 Å². The summed E-state index contributed by atoms with van der Waals surface area (Å²) in [5.41, 5.74) is 0.954. The second kappa shape index (κ2) is 3.70. The van der Waals surface area contributed by atoms with Crippen LogP contribution in [0, 0.1) is 0 Å². The van der Waals surface area contributed by atoms with Gasteiger partial charge in [0, 0.05) is 6.42 Å². The van der Waals surface area contributed by atoms with E-state index in [0.717, 1.165) is 18.4 Å². The van der Waals surface area contributed by atoms with E-state index in [1.54, 1.807) is 24.3 Å². The van der Waals surface area contributed by atoms with Crippen molar-refractivity contribution in [2.75, 3.05) is 0 Å². The molecule has 1 saturated heterocycles. The third-order valence-corrected chi connectivity index (χ3v) is 2.39. The van der Waals surface area contributed by atoms with Crippen molar-refractivity contribution in [2.24, 2.45) is 0 Å². The van der Waals surface area contributed by atoms with E-state index in [-0.39, 0.29) is 17.8 Å². The summed E-state index contributed by atoms with van der Waals surface area (Å²) in [6, 6.07) is 6.80. The highest BCUT2D eigenvalue weighted by molar-refractivity contribution is 5.70. The number of hydrogen-bond acceptors (Lipinski definition) is 3. The first kappa shape index (κ1) is 9.06. The van der Waals surface area contributed by atoms with Crippen LogP contribution in [0.4, 0.5) is 0 Å². The summed E-state index contributed by atoms with van der Waals surface area (Å²) in [5, 5.41) is 9.10. The third kappa shape index (κ3) is 1.87. The van der Waals surface area contributed by atoms with Gasteiger partial charge in [-0.05, 0) is 30.5 Å². The number of aromatic hydroxyl groups is 1. The average Bonchev–Trinajstić information content (AvgIpc) is 2.19. The summed E-state index contributed by atoms with van der Waals surface area (Å²) >= 11 is 0. The molecule has 1 aliphatic rings.